The van der Waals surface area contributed by atoms with Crippen molar-refractivity contribution >= 4 is 55.9 Å². The molecule has 11 aromatic rings. The van der Waals surface area contributed by atoms with E-state index in [0.29, 0.717) is 97.6 Å². The molecule has 0 bridgehead atoms. The molecule has 0 spiro atoms. The molecule has 0 radical (unpaired) electrons. The van der Waals surface area contributed by atoms with Crippen molar-refractivity contribution in [1.29, 1.82) is 0 Å². The van der Waals surface area contributed by atoms with Crippen LogP contribution in [-0.2, 0) is 28.1 Å². The van der Waals surface area contributed by atoms with Gasteiger partial charge in [-0.3, -0.25) is 19.0 Å². The van der Waals surface area contributed by atoms with Gasteiger partial charge < -0.3 is 49.3 Å². The van der Waals surface area contributed by atoms with Crippen molar-refractivity contribution in [3.05, 3.63) is 180 Å². The van der Waals surface area contributed by atoms with Crippen LogP contribution >= 0.6 is 0 Å². The maximum Gasteiger partial charge on any atom is 0.387 e. The molecule has 1 aliphatic heterocycles. The smallest absolute Gasteiger partial charge is 0.387 e. The number of amides is 2. The van der Waals surface area contributed by atoms with E-state index in [4.69, 9.17) is 34.4 Å². The van der Waals surface area contributed by atoms with E-state index in [9.17, 15) is 32.3 Å². The van der Waals surface area contributed by atoms with E-state index >= 15 is 0 Å². The summed E-state index contributed by atoms with van der Waals surface area (Å²) in [4.78, 5) is 49.3. The second-order valence-electron chi connectivity index (χ2n) is 24.8. The number of aliphatic hydroxyl groups is 2. The number of nitrogens with one attached hydrogen (secondary N) is 3. The summed E-state index contributed by atoms with van der Waals surface area (Å²) in [6.07, 6.45) is 6.19. The van der Waals surface area contributed by atoms with Gasteiger partial charge >= 0.3 is 13.2 Å². The molecule has 0 saturated carbocycles. The highest BCUT2D eigenvalue weighted by atomic mass is 19.3. The van der Waals surface area contributed by atoms with Crippen molar-refractivity contribution < 1.29 is 56.3 Å². The lowest BCUT2D eigenvalue weighted by atomic mass is 9.76. The Balaban J connectivity index is 0.000000212. The Bertz CT molecular complexity index is 4330. The summed E-state index contributed by atoms with van der Waals surface area (Å²) in [5.74, 6) is -1.40. The zero-order valence-electron chi connectivity index (χ0n) is 51.9. The molecule has 24 heteroatoms. The van der Waals surface area contributed by atoms with Crippen molar-refractivity contribution in [1.82, 2.24) is 59.7 Å². The fourth-order valence-electron chi connectivity index (χ4n) is 11.4. The Morgan fingerprint density at radius 3 is 1.65 bits per heavy atom. The Hall–Kier alpha value is -9.62. The highest BCUT2D eigenvalue weighted by Gasteiger charge is 2.41. The van der Waals surface area contributed by atoms with Gasteiger partial charge in [0.15, 0.2) is 17.1 Å². The Morgan fingerprint density at radius 1 is 0.685 bits per heavy atom. The second-order valence-corrected chi connectivity index (χ2v) is 24.8. The third-order valence-corrected chi connectivity index (χ3v) is 15.3. The van der Waals surface area contributed by atoms with Gasteiger partial charge in [-0.1, -0.05) is 91.0 Å². The van der Waals surface area contributed by atoms with E-state index < -0.39 is 48.3 Å². The highest BCUT2D eigenvalue weighted by Crippen LogP contribution is 2.44. The summed E-state index contributed by atoms with van der Waals surface area (Å²) in [7, 11) is 0. The minimum absolute atomic E-state index is 0.0172. The SMILES string of the molecule is CC(C)(C)NC(=O)c1c[nH]c2ncc(-c3nn(CCC(O)CO)c4ccc(OC(F)F)cc34)nc12.CC(C)(C)NC(=O)c1cn(C(c2ccccc2)(c2ccccc2)c2ccccc2)c2ncc(-c3nn(CCC4COC(C)(C)O4)c4ccc(OC(F)F)cc34)nc12. The fourth-order valence-corrected chi connectivity index (χ4v) is 11.4. The molecule has 1 aliphatic rings. The number of carbonyl (C=O) groups excluding carboxylic acids is 2. The van der Waals surface area contributed by atoms with Gasteiger partial charge in [0.05, 0.1) is 60.0 Å². The van der Waals surface area contributed by atoms with E-state index in [-0.39, 0.29) is 42.4 Å². The van der Waals surface area contributed by atoms with Crippen molar-refractivity contribution in [2.24, 2.45) is 0 Å². The number of aryl methyl sites for hydroxylation is 2. The third-order valence-electron chi connectivity index (χ3n) is 15.3. The average Bonchev–Trinajstić information content (AvgIpc) is 1.39. The predicted molar refractivity (Wildman–Crippen MR) is 338 cm³/mol. The fraction of sp³-hybridized carbons (Fsp3) is 0.324. The number of fused-ring (bicyclic) bond motifs is 4. The van der Waals surface area contributed by atoms with Crippen LogP contribution in [0.5, 0.6) is 11.5 Å². The van der Waals surface area contributed by atoms with Crippen LogP contribution in [0.15, 0.2) is 152 Å². The zero-order valence-corrected chi connectivity index (χ0v) is 51.9. The first-order chi connectivity index (χ1) is 43.9. The molecule has 478 valence electrons. The van der Waals surface area contributed by atoms with Gasteiger partial charge in [-0.15, -0.1) is 0 Å². The quantitative estimate of drug-likeness (QED) is 0.0374. The van der Waals surface area contributed by atoms with Gasteiger partial charge in [-0.25, -0.2) is 19.9 Å². The van der Waals surface area contributed by atoms with Crippen LogP contribution in [0, 0.1) is 0 Å². The first kappa shape index (κ1) is 63.9. The highest BCUT2D eigenvalue weighted by molar-refractivity contribution is 6.07. The standard InChI is InChI=1S/C45H44F2N6O4.C23H26F2N6O4/c1-43(2,3)50-41(54)35-27-52(45(29-15-9-6-10-16-29,30-17-11-7-12-18-30)31-19-13-8-14-20-31)40-39(35)49-36(26-48-40)38-34-25-32(56-42(46)47)21-22-37(34)53(51-38)24-23-33-28-55-44(4,5)57-33;1-23(2,3)29-21(34)15-9-26-20-19(15)28-16(10-27-20)18-14-8-13(35-22(24)25)4-5-17(14)31(30-18)7-6-12(33)11-32/h6-22,25-27,33,42H,23-24,28H2,1-5H3,(H,50,54);4-5,8-10,12,22,32-33H,6-7,11H2,1-3H3,(H,26,27)(H,29,34). The summed E-state index contributed by atoms with van der Waals surface area (Å²) in [6, 6.07) is 39.5. The van der Waals surface area contributed by atoms with Gasteiger partial charge in [0, 0.05) is 47.3 Å². The maximum absolute atomic E-state index is 14.4. The molecule has 1 saturated heterocycles. The molecule has 5 N–H and O–H groups in total. The molecule has 6 aromatic heterocycles. The summed E-state index contributed by atoms with van der Waals surface area (Å²) in [5.41, 5.74) is 5.70. The van der Waals surface area contributed by atoms with Crippen molar-refractivity contribution in [3.8, 4) is 34.3 Å². The number of aromatic amines is 1. The summed E-state index contributed by atoms with van der Waals surface area (Å²) in [6.45, 7) is 9.86. The number of benzene rings is 5. The normalized spacial score (nSPS) is 14.7. The number of aliphatic hydroxyl groups excluding tert-OH is 2. The van der Waals surface area contributed by atoms with E-state index in [1.54, 1.807) is 27.7 Å². The molecule has 12 rings (SSSR count). The lowest BCUT2D eigenvalue weighted by molar-refractivity contribution is -0.139. The largest absolute Gasteiger partial charge is 0.435 e. The number of H-pyrrole nitrogens is 1. The minimum Gasteiger partial charge on any atom is -0.435 e. The molecular formula is C68H70F4N12O8. The van der Waals surface area contributed by atoms with Crippen LogP contribution in [0.2, 0.25) is 0 Å². The van der Waals surface area contributed by atoms with Gasteiger partial charge in [0.1, 0.15) is 50.8 Å². The Labute approximate surface area is 526 Å². The molecule has 20 nitrogen and oxygen atoms in total. The molecule has 5 aromatic carbocycles. The van der Waals surface area contributed by atoms with Crippen LogP contribution in [-0.4, -0.2) is 127 Å². The molecule has 1 fully saturated rings. The maximum atomic E-state index is 14.4. The number of alkyl halides is 4. The monoisotopic (exact) mass is 1260 g/mol. The predicted octanol–water partition coefficient (Wildman–Crippen LogP) is 11.8. The molecule has 2 atom stereocenters. The number of hydrogen-bond acceptors (Lipinski definition) is 14. The number of halogens is 4. The molecule has 7 heterocycles. The van der Waals surface area contributed by atoms with Gasteiger partial charge in [0.25, 0.3) is 11.8 Å². The Kier molecular flexibility index (Phi) is 18.0. The van der Waals surface area contributed by atoms with Gasteiger partial charge in [0.2, 0.25) is 0 Å². The van der Waals surface area contributed by atoms with Crippen LogP contribution in [0.25, 0.3) is 66.9 Å². The van der Waals surface area contributed by atoms with E-state index in [2.05, 4.69) is 71.8 Å². The number of rotatable bonds is 19. The number of hydrogen-bond donors (Lipinski definition) is 5. The number of aromatic nitrogens is 10. The van der Waals surface area contributed by atoms with Crippen LogP contribution in [0.4, 0.5) is 17.6 Å². The van der Waals surface area contributed by atoms with Gasteiger partial charge in [-0.05, 0) is 121 Å². The third kappa shape index (κ3) is 13.7. The van der Waals surface area contributed by atoms with Crippen molar-refractivity contribution in [2.75, 3.05) is 13.2 Å². The second kappa shape index (κ2) is 25.9. The van der Waals surface area contributed by atoms with Crippen LogP contribution < -0.4 is 20.1 Å². The number of ether oxygens (including phenoxy) is 4. The van der Waals surface area contributed by atoms with Crippen molar-refractivity contribution in [2.45, 2.75) is 129 Å². The topological polar surface area (TPSA) is 244 Å². The van der Waals surface area contributed by atoms with Crippen LogP contribution in [0.1, 0.15) is 106 Å². The molecule has 2 unspecified atom stereocenters. The first-order valence-electron chi connectivity index (χ1n) is 29.9. The molecule has 92 heavy (non-hydrogen) atoms. The summed E-state index contributed by atoms with van der Waals surface area (Å²) < 4.78 is 79.2. The molecule has 2 amide bonds. The average molecular weight is 1260 g/mol. The van der Waals surface area contributed by atoms with Crippen LogP contribution in [0.3, 0.4) is 0 Å². The lowest BCUT2D eigenvalue weighted by Gasteiger charge is -2.38. The first-order valence-corrected chi connectivity index (χ1v) is 29.9. The minimum atomic E-state index is -3.01. The van der Waals surface area contributed by atoms with E-state index in [1.165, 1.54) is 36.7 Å². The Morgan fingerprint density at radius 2 is 1.17 bits per heavy atom. The van der Waals surface area contributed by atoms with E-state index in [0.717, 1.165) is 16.7 Å². The zero-order chi connectivity index (χ0) is 65.3. The molecule has 0 aliphatic carbocycles. The van der Waals surface area contributed by atoms with Gasteiger partial charge in [-0.2, -0.15) is 27.8 Å². The number of carbonyl (C=O) groups is 2. The molecular weight excluding hydrogens is 1190 g/mol. The lowest BCUT2D eigenvalue weighted by Crippen LogP contribution is -2.40. The summed E-state index contributed by atoms with van der Waals surface area (Å²) in [5, 5.41) is 35.5. The number of nitrogens with zero attached hydrogens (tertiary/aromatic N) is 9. The van der Waals surface area contributed by atoms with Crippen molar-refractivity contribution in [3.63, 3.8) is 0 Å². The summed E-state index contributed by atoms with van der Waals surface area (Å²) >= 11 is 0. The van der Waals surface area contributed by atoms with E-state index in [1.807, 2.05) is 121 Å².